The molecule has 4 rings (SSSR count). The highest BCUT2D eigenvalue weighted by Crippen LogP contribution is 2.29. The second kappa shape index (κ2) is 7.00. The summed E-state index contributed by atoms with van der Waals surface area (Å²) in [6.07, 6.45) is 4.78. The van der Waals surface area contributed by atoms with Crippen LogP contribution < -0.4 is 5.32 Å². The first-order chi connectivity index (χ1) is 12.2. The van der Waals surface area contributed by atoms with Crippen molar-refractivity contribution in [3.63, 3.8) is 0 Å². The molecule has 25 heavy (non-hydrogen) atoms. The van der Waals surface area contributed by atoms with Crippen LogP contribution in [-0.2, 0) is 0 Å². The van der Waals surface area contributed by atoms with Crippen LogP contribution in [0.25, 0.3) is 11.3 Å². The number of nitrogens with zero attached hydrogens (tertiary/aromatic N) is 2. The van der Waals surface area contributed by atoms with E-state index in [2.05, 4.69) is 10.5 Å². The second-order valence-electron chi connectivity index (χ2n) is 7.25. The second-order valence-corrected chi connectivity index (χ2v) is 7.25. The Kier molecular flexibility index (Phi) is 4.57. The van der Waals surface area contributed by atoms with Crippen molar-refractivity contribution in [2.45, 2.75) is 38.6 Å². The Bertz CT molecular complexity index is 729. The molecule has 2 fully saturated rings. The lowest BCUT2D eigenvalue weighted by molar-refractivity contribution is 0.0704. The van der Waals surface area contributed by atoms with Crippen molar-refractivity contribution in [3.05, 3.63) is 41.7 Å². The van der Waals surface area contributed by atoms with Crippen molar-refractivity contribution in [1.82, 2.24) is 15.4 Å². The molecule has 132 valence electrons. The van der Waals surface area contributed by atoms with E-state index in [0.29, 0.717) is 23.1 Å². The van der Waals surface area contributed by atoms with E-state index in [9.17, 15) is 4.79 Å². The normalized spacial score (nSPS) is 18.5. The maximum absolute atomic E-state index is 13.1. The van der Waals surface area contributed by atoms with Gasteiger partial charge in [0.2, 0.25) is 0 Å². The summed E-state index contributed by atoms with van der Waals surface area (Å²) in [5, 5.41) is 7.80. The molecule has 1 aliphatic carbocycles. The van der Waals surface area contributed by atoms with E-state index in [1.807, 2.05) is 42.2 Å². The molecule has 0 unspecified atom stereocenters. The van der Waals surface area contributed by atoms with Crippen molar-refractivity contribution >= 4 is 5.91 Å². The average Bonchev–Trinajstić information content (AvgIpc) is 3.41. The van der Waals surface area contributed by atoms with Crippen LogP contribution in [-0.4, -0.2) is 41.6 Å². The molecule has 0 radical (unpaired) electrons. The van der Waals surface area contributed by atoms with Crippen molar-refractivity contribution in [1.29, 1.82) is 0 Å². The van der Waals surface area contributed by atoms with Crippen LogP contribution in [0.4, 0.5) is 0 Å². The van der Waals surface area contributed by atoms with Crippen LogP contribution in [0.5, 0.6) is 0 Å². The number of piperidine rings is 1. The SMILES string of the molecule is Cc1onc(-c2ccccc2)c1C(=O)N1CCC(NCC2CC2)CC1. The number of aromatic nitrogens is 1. The third kappa shape index (κ3) is 3.61. The number of nitrogens with one attached hydrogen (secondary N) is 1. The lowest BCUT2D eigenvalue weighted by atomic mass is 10.0. The third-order valence-electron chi connectivity index (χ3n) is 5.30. The molecule has 1 saturated carbocycles. The molecule has 2 heterocycles. The van der Waals surface area contributed by atoms with Crippen LogP contribution in [0, 0.1) is 12.8 Å². The molecule has 2 aromatic rings. The Morgan fingerprint density at radius 2 is 1.92 bits per heavy atom. The van der Waals surface area contributed by atoms with Gasteiger partial charge in [-0.15, -0.1) is 0 Å². The predicted octanol–water partition coefficient (Wildman–Crippen LogP) is 3.25. The Morgan fingerprint density at radius 1 is 1.20 bits per heavy atom. The summed E-state index contributed by atoms with van der Waals surface area (Å²) < 4.78 is 5.35. The fourth-order valence-corrected chi connectivity index (χ4v) is 3.52. The first-order valence-corrected chi connectivity index (χ1v) is 9.26. The summed E-state index contributed by atoms with van der Waals surface area (Å²) in [5.74, 6) is 1.53. The molecular weight excluding hydrogens is 314 g/mol. The van der Waals surface area contributed by atoms with Crippen molar-refractivity contribution in [2.75, 3.05) is 19.6 Å². The van der Waals surface area contributed by atoms with E-state index in [4.69, 9.17) is 4.52 Å². The van der Waals surface area contributed by atoms with E-state index in [0.717, 1.165) is 44.0 Å². The summed E-state index contributed by atoms with van der Waals surface area (Å²) in [4.78, 5) is 15.0. The van der Waals surface area contributed by atoms with E-state index < -0.39 is 0 Å². The number of likely N-dealkylation sites (tertiary alicyclic amines) is 1. The maximum Gasteiger partial charge on any atom is 0.259 e. The molecule has 0 atom stereocenters. The van der Waals surface area contributed by atoms with Gasteiger partial charge < -0.3 is 14.7 Å². The predicted molar refractivity (Wildman–Crippen MR) is 96.3 cm³/mol. The lowest BCUT2D eigenvalue weighted by Gasteiger charge is -2.32. The van der Waals surface area contributed by atoms with Gasteiger partial charge in [0, 0.05) is 24.7 Å². The van der Waals surface area contributed by atoms with Crippen LogP contribution in [0.1, 0.15) is 41.8 Å². The number of hydrogen-bond acceptors (Lipinski definition) is 4. The number of hydrogen-bond donors (Lipinski definition) is 1. The van der Waals surface area contributed by atoms with E-state index in [1.165, 1.54) is 12.8 Å². The van der Waals surface area contributed by atoms with Gasteiger partial charge in [0.25, 0.3) is 5.91 Å². The third-order valence-corrected chi connectivity index (χ3v) is 5.30. The number of rotatable bonds is 5. The zero-order valence-corrected chi connectivity index (χ0v) is 14.7. The number of amides is 1. The number of aryl methyl sites for hydroxylation is 1. The van der Waals surface area contributed by atoms with Gasteiger partial charge in [0.05, 0.1) is 0 Å². The lowest BCUT2D eigenvalue weighted by Crippen LogP contribution is -2.45. The molecule has 1 saturated heterocycles. The van der Waals surface area contributed by atoms with Crippen LogP contribution in [0.2, 0.25) is 0 Å². The topological polar surface area (TPSA) is 58.4 Å². The van der Waals surface area contributed by atoms with Gasteiger partial charge in [-0.05, 0) is 45.1 Å². The highest BCUT2D eigenvalue weighted by molar-refractivity contribution is 6.00. The maximum atomic E-state index is 13.1. The molecule has 1 aliphatic heterocycles. The zero-order chi connectivity index (χ0) is 17.2. The highest BCUT2D eigenvalue weighted by Gasteiger charge is 2.30. The first-order valence-electron chi connectivity index (χ1n) is 9.26. The Morgan fingerprint density at radius 3 is 2.60 bits per heavy atom. The standard InChI is InChI=1S/C20H25N3O2/c1-14-18(19(22-25-14)16-5-3-2-4-6-16)20(24)23-11-9-17(10-12-23)21-13-15-7-8-15/h2-6,15,17,21H,7-13H2,1H3. The molecule has 1 amide bonds. The largest absolute Gasteiger partial charge is 0.360 e. The number of benzene rings is 1. The molecule has 5 heteroatoms. The van der Waals surface area contributed by atoms with Gasteiger partial charge in [0.15, 0.2) is 0 Å². The van der Waals surface area contributed by atoms with Gasteiger partial charge in [-0.25, -0.2) is 0 Å². The molecule has 2 aliphatic rings. The number of carbonyl (C=O) groups excluding carboxylic acids is 1. The summed E-state index contributed by atoms with van der Waals surface area (Å²) >= 11 is 0. The van der Waals surface area contributed by atoms with Crippen molar-refractivity contribution in [3.8, 4) is 11.3 Å². The molecule has 0 spiro atoms. The van der Waals surface area contributed by atoms with E-state index in [1.54, 1.807) is 0 Å². The Labute approximate surface area is 148 Å². The summed E-state index contributed by atoms with van der Waals surface area (Å²) in [5.41, 5.74) is 2.18. The Hall–Kier alpha value is -2.14. The van der Waals surface area contributed by atoms with Crippen molar-refractivity contribution < 1.29 is 9.32 Å². The summed E-state index contributed by atoms with van der Waals surface area (Å²) in [7, 11) is 0. The fourth-order valence-electron chi connectivity index (χ4n) is 3.52. The highest BCUT2D eigenvalue weighted by atomic mass is 16.5. The summed E-state index contributed by atoms with van der Waals surface area (Å²) in [6.45, 7) is 4.54. The van der Waals surface area contributed by atoms with Gasteiger partial charge in [-0.3, -0.25) is 4.79 Å². The number of carbonyl (C=O) groups is 1. The molecular formula is C20H25N3O2. The monoisotopic (exact) mass is 339 g/mol. The zero-order valence-electron chi connectivity index (χ0n) is 14.7. The molecule has 1 aromatic heterocycles. The van der Waals surface area contributed by atoms with Gasteiger partial charge >= 0.3 is 0 Å². The minimum absolute atomic E-state index is 0.0400. The molecule has 5 nitrogen and oxygen atoms in total. The average molecular weight is 339 g/mol. The Balaban J connectivity index is 1.44. The van der Waals surface area contributed by atoms with Crippen molar-refractivity contribution in [2.24, 2.45) is 5.92 Å². The van der Waals surface area contributed by atoms with Gasteiger partial charge in [-0.2, -0.15) is 0 Å². The smallest absolute Gasteiger partial charge is 0.259 e. The minimum Gasteiger partial charge on any atom is -0.360 e. The molecule has 1 aromatic carbocycles. The van der Waals surface area contributed by atoms with E-state index in [-0.39, 0.29) is 5.91 Å². The van der Waals surface area contributed by atoms with Gasteiger partial charge in [0.1, 0.15) is 17.0 Å². The minimum atomic E-state index is 0.0400. The molecule has 0 bridgehead atoms. The van der Waals surface area contributed by atoms with Crippen LogP contribution in [0.3, 0.4) is 0 Å². The van der Waals surface area contributed by atoms with Gasteiger partial charge in [-0.1, -0.05) is 35.5 Å². The molecule has 1 N–H and O–H groups in total. The van der Waals surface area contributed by atoms with E-state index >= 15 is 0 Å². The quantitative estimate of drug-likeness (QED) is 0.908. The van der Waals surface area contributed by atoms with Crippen LogP contribution in [0.15, 0.2) is 34.9 Å². The fraction of sp³-hybridized carbons (Fsp3) is 0.500. The first kappa shape index (κ1) is 16.3. The summed E-state index contributed by atoms with van der Waals surface area (Å²) in [6, 6.07) is 10.3. The van der Waals surface area contributed by atoms with Crippen LogP contribution >= 0.6 is 0 Å².